The third-order valence-corrected chi connectivity index (χ3v) is 10.3. The lowest BCUT2D eigenvalue weighted by atomic mass is 9.99. The van der Waals surface area contributed by atoms with Crippen LogP contribution < -0.4 is 14.9 Å². The van der Waals surface area contributed by atoms with Crippen LogP contribution in [0.15, 0.2) is 87.8 Å². The summed E-state index contributed by atoms with van der Waals surface area (Å²) in [6.45, 7) is 7.33. The van der Waals surface area contributed by atoms with E-state index in [1.54, 1.807) is 38.1 Å². The molecular weight excluding hydrogens is 576 g/mol. The molecule has 5 rings (SSSR count). The van der Waals surface area contributed by atoms with Crippen LogP contribution in [0.3, 0.4) is 0 Å². The smallest absolute Gasteiger partial charge is 0.261 e. The van der Waals surface area contributed by atoms with Crippen LogP contribution >= 0.6 is 0 Å². The SMILES string of the molecule is Cc1cccc(NS(=O)(=O)c2ccc3c(NO)c4ccc(S(=O)(=O)Nc5cccc(C)c5C)cc4c(N=O)c3c2)c1C. The number of rotatable bonds is 8. The molecule has 0 heterocycles. The topological polar surface area (TPSA) is 154 Å². The predicted molar refractivity (Wildman–Crippen MR) is 166 cm³/mol. The van der Waals surface area contributed by atoms with Gasteiger partial charge in [0.2, 0.25) is 0 Å². The van der Waals surface area contributed by atoms with E-state index in [0.29, 0.717) is 22.1 Å². The largest absolute Gasteiger partial charge is 0.291 e. The first-order chi connectivity index (χ1) is 19.9. The molecule has 0 amide bonds. The van der Waals surface area contributed by atoms with Gasteiger partial charge in [-0.2, -0.15) is 0 Å². The number of aryl methyl sites for hydroxylation is 2. The number of hydrogen-bond acceptors (Lipinski definition) is 8. The number of benzene rings is 5. The molecule has 216 valence electrons. The number of sulfonamides is 2. The van der Waals surface area contributed by atoms with E-state index in [0.717, 1.165) is 22.3 Å². The van der Waals surface area contributed by atoms with Crippen molar-refractivity contribution in [3.63, 3.8) is 0 Å². The van der Waals surface area contributed by atoms with Crippen LogP contribution in [0, 0.1) is 32.6 Å². The minimum Gasteiger partial charge on any atom is -0.291 e. The molecule has 12 heteroatoms. The predicted octanol–water partition coefficient (Wildman–Crippen LogP) is 7.03. The van der Waals surface area contributed by atoms with Crippen molar-refractivity contribution in [1.82, 2.24) is 0 Å². The molecular formula is C30H28N4O6S2. The Balaban J connectivity index is 1.67. The fourth-order valence-corrected chi connectivity index (χ4v) is 7.15. The van der Waals surface area contributed by atoms with Gasteiger partial charge in [0.1, 0.15) is 5.69 Å². The Bertz CT molecular complexity index is 1980. The molecule has 5 aromatic carbocycles. The second-order valence-electron chi connectivity index (χ2n) is 10.0. The van der Waals surface area contributed by atoms with E-state index in [9.17, 15) is 26.9 Å². The molecule has 0 aliphatic heterocycles. The highest BCUT2D eigenvalue weighted by molar-refractivity contribution is 7.93. The normalized spacial score (nSPS) is 11.9. The molecule has 0 aliphatic carbocycles. The lowest BCUT2D eigenvalue weighted by molar-refractivity contribution is 0.390. The summed E-state index contributed by atoms with van der Waals surface area (Å²) >= 11 is 0. The summed E-state index contributed by atoms with van der Waals surface area (Å²) in [5.41, 5.74) is 6.25. The van der Waals surface area contributed by atoms with Gasteiger partial charge in [-0.25, -0.2) is 16.8 Å². The second-order valence-corrected chi connectivity index (χ2v) is 13.4. The van der Waals surface area contributed by atoms with E-state index in [-0.39, 0.29) is 31.9 Å². The fraction of sp³-hybridized carbons (Fsp3) is 0.133. The Morgan fingerprint density at radius 3 is 1.43 bits per heavy atom. The summed E-state index contributed by atoms with van der Waals surface area (Å²) in [5.74, 6) is 0. The average molecular weight is 605 g/mol. The lowest BCUT2D eigenvalue weighted by Gasteiger charge is -2.16. The Morgan fingerprint density at radius 2 is 1.05 bits per heavy atom. The molecule has 0 aliphatic rings. The fourth-order valence-electron chi connectivity index (χ4n) is 4.85. The van der Waals surface area contributed by atoms with Crippen molar-refractivity contribution in [2.24, 2.45) is 5.18 Å². The quantitative estimate of drug-likeness (QED) is 0.0842. The highest BCUT2D eigenvalue weighted by Crippen LogP contribution is 2.43. The standard InChI is InChI=1S/C30H28N4O6S2/c1-17-7-5-9-27(19(17)3)33-41(37,38)21-11-13-23-25(15-21)30(32-36)26-16-22(12-14-24(26)29(23)31-35)42(39,40)34-28-10-6-8-18(2)20(28)4/h5-16,31,33-35H,1-4H3. The van der Waals surface area contributed by atoms with Crippen molar-refractivity contribution in [3.8, 4) is 0 Å². The summed E-state index contributed by atoms with van der Waals surface area (Å²) in [5, 5.41) is 14.1. The Labute approximate surface area is 243 Å². The van der Waals surface area contributed by atoms with Crippen LogP contribution in [0.5, 0.6) is 0 Å². The Hall–Kier alpha value is -4.52. The molecule has 0 radical (unpaired) electrons. The van der Waals surface area contributed by atoms with Gasteiger partial charge >= 0.3 is 0 Å². The van der Waals surface area contributed by atoms with Crippen molar-refractivity contribution in [2.75, 3.05) is 14.9 Å². The molecule has 5 aromatic rings. The first-order valence-corrected chi connectivity index (χ1v) is 15.8. The molecule has 0 atom stereocenters. The van der Waals surface area contributed by atoms with Crippen molar-refractivity contribution < 1.29 is 22.0 Å². The zero-order chi connectivity index (χ0) is 30.4. The van der Waals surface area contributed by atoms with Gasteiger partial charge in [0.05, 0.1) is 26.9 Å². The van der Waals surface area contributed by atoms with Gasteiger partial charge in [-0.05, 0) is 91.5 Å². The Morgan fingerprint density at radius 1 is 0.619 bits per heavy atom. The van der Waals surface area contributed by atoms with Crippen LogP contribution in [-0.4, -0.2) is 22.0 Å². The van der Waals surface area contributed by atoms with E-state index < -0.39 is 20.0 Å². The van der Waals surface area contributed by atoms with E-state index in [4.69, 9.17) is 0 Å². The summed E-state index contributed by atoms with van der Waals surface area (Å²) in [6.07, 6.45) is 0. The van der Waals surface area contributed by atoms with Crippen LogP contribution in [0.25, 0.3) is 21.5 Å². The van der Waals surface area contributed by atoms with Crippen LogP contribution in [0.4, 0.5) is 22.7 Å². The van der Waals surface area contributed by atoms with E-state index in [1.165, 1.54) is 36.4 Å². The summed E-state index contributed by atoms with van der Waals surface area (Å²) in [6, 6.07) is 18.7. The van der Waals surface area contributed by atoms with Gasteiger partial charge in [0.25, 0.3) is 20.0 Å². The maximum atomic E-state index is 13.4. The maximum absolute atomic E-state index is 13.4. The molecule has 10 nitrogen and oxygen atoms in total. The third kappa shape index (κ3) is 5.04. The van der Waals surface area contributed by atoms with Crippen LogP contribution in [-0.2, 0) is 20.0 Å². The number of nitrogens with zero attached hydrogens (tertiary/aromatic N) is 1. The third-order valence-electron chi connectivity index (χ3n) is 7.55. The Kier molecular flexibility index (Phi) is 7.39. The van der Waals surface area contributed by atoms with E-state index in [2.05, 4.69) is 20.1 Å². The molecule has 4 N–H and O–H groups in total. The lowest BCUT2D eigenvalue weighted by Crippen LogP contribution is -2.14. The summed E-state index contributed by atoms with van der Waals surface area (Å²) in [7, 11) is -8.20. The maximum Gasteiger partial charge on any atom is 0.261 e. The molecule has 42 heavy (non-hydrogen) atoms. The van der Waals surface area contributed by atoms with Gasteiger partial charge in [-0.15, -0.1) is 4.91 Å². The molecule has 0 fully saturated rings. The molecule has 0 spiro atoms. The first kappa shape index (κ1) is 29.0. The molecule has 0 aromatic heterocycles. The minimum absolute atomic E-state index is 0.106. The van der Waals surface area contributed by atoms with Gasteiger partial charge < -0.3 is 0 Å². The molecule has 0 saturated heterocycles. The van der Waals surface area contributed by atoms with E-state index >= 15 is 0 Å². The molecule has 0 saturated carbocycles. The second kappa shape index (κ2) is 10.7. The summed E-state index contributed by atoms with van der Waals surface area (Å²) in [4.78, 5) is 11.9. The minimum atomic E-state index is -4.10. The van der Waals surface area contributed by atoms with Crippen molar-refractivity contribution in [1.29, 1.82) is 0 Å². The number of nitrogens with one attached hydrogen (secondary N) is 3. The number of anilines is 3. The van der Waals surface area contributed by atoms with Gasteiger partial charge in [-0.3, -0.25) is 20.1 Å². The highest BCUT2D eigenvalue weighted by Gasteiger charge is 2.23. The number of nitroso groups, excluding NO2 is 1. The molecule has 0 bridgehead atoms. The van der Waals surface area contributed by atoms with Crippen molar-refractivity contribution in [2.45, 2.75) is 37.5 Å². The average Bonchev–Trinajstić information content (AvgIpc) is 2.95. The van der Waals surface area contributed by atoms with E-state index in [1.807, 2.05) is 26.0 Å². The van der Waals surface area contributed by atoms with Crippen LogP contribution in [0.1, 0.15) is 22.3 Å². The monoisotopic (exact) mass is 604 g/mol. The van der Waals surface area contributed by atoms with Gasteiger partial charge in [0, 0.05) is 21.5 Å². The number of hydrogen-bond donors (Lipinski definition) is 4. The molecule has 0 unspecified atom stereocenters. The van der Waals surface area contributed by atoms with Gasteiger partial charge in [0.15, 0.2) is 0 Å². The zero-order valence-corrected chi connectivity index (χ0v) is 24.8. The van der Waals surface area contributed by atoms with Crippen molar-refractivity contribution >= 4 is 64.3 Å². The highest BCUT2D eigenvalue weighted by atomic mass is 32.2. The number of fused-ring (bicyclic) bond motifs is 2. The zero-order valence-electron chi connectivity index (χ0n) is 23.2. The van der Waals surface area contributed by atoms with Crippen LogP contribution in [0.2, 0.25) is 0 Å². The van der Waals surface area contributed by atoms with Gasteiger partial charge in [-0.1, -0.05) is 36.4 Å². The first-order valence-electron chi connectivity index (χ1n) is 12.8. The summed E-state index contributed by atoms with van der Waals surface area (Å²) < 4.78 is 58.6. The van der Waals surface area contributed by atoms with Crippen molar-refractivity contribution in [3.05, 3.63) is 100.0 Å².